The van der Waals surface area contributed by atoms with Crippen molar-refractivity contribution in [1.82, 2.24) is 24.9 Å². The first-order valence-corrected chi connectivity index (χ1v) is 13.1. The molecule has 206 valence electrons. The number of rotatable bonds is 9. The molecule has 2 heterocycles. The minimum absolute atomic E-state index is 0.0970. The molecule has 3 aliphatic carbocycles. The Balaban J connectivity index is 1.26. The molecule has 2 aromatic heterocycles. The zero-order chi connectivity index (χ0) is 27.0. The number of carboxylic acid groups (broad SMARTS) is 1. The van der Waals surface area contributed by atoms with Gasteiger partial charge in [0.15, 0.2) is 0 Å². The van der Waals surface area contributed by atoms with Crippen LogP contribution in [-0.2, 0) is 23.2 Å². The highest BCUT2D eigenvalue weighted by Crippen LogP contribution is 2.45. The fourth-order valence-electron chi connectivity index (χ4n) is 5.35. The molecule has 5 rings (SSSR count). The van der Waals surface area contributed by atoms with Crippen molar-refractivity contribution in [1.29, 1.82) is 0 Å². The Bertz CT molecular complexity index is 1190. The molecule has 3 fully saturated rings. The van der Waals surface area contributed by atoms with Crippen molar-refractivity contribution >= 4 is 12.1 Å². The van der Waals surface area contributed by atoms with Crippen LogP contribution in [0.2, 0.25) is 0 Å². The van der Waals surface area contributed by atoms with E-state index in [9.17, 15) is 23.5 Å². The van der Waals surface area contributed by atoms with Crippen LogP contribution >= 0.6 is 0 Å². The van der Waals surface area contributed by atoms with Gasteiger partial charge in [0.05, 0.1) is 23.4 Å². The minimum atomic E-state index is -2.63. The summed E-state index contributed by atoms with van der Waals surface area (Å²) >= 11 is 0. The molecule has 0 saturated heterocycles. The molecular formula is C26H33F2N5O5. The first-order valence-electron chi connectivity index (χ1n) is 13.1. The van der Waals surface area contributed by atoms with Crippen molar-refractivity contribution in [2.24, 2.45) is 18.9 Å². The van der Waals surface area contributed by atoms with Crippen LogP contribution < -0.4 is 4.74 Å². The fourth-order valence-corrected chi connectivity index (χ4v) is 5.35. The number of aryl methyl sites for hydroxylation is 1. The highest BCUT2D eigenvalue weighted by Gasteiger charge is 2.45. The maximum absolute atomic E-state index is 13.1. The summed E-state index contributed by atoms with van der Waals surface area (Å²) in [5.74, 6) is -3.08. The van der Waals surface area contributed by atoms with Gasteiger partial charge >= 0.3 is 12.1 Å². The number of hydrogen-bond donors (Lipinski definition) is 1. The highest BCUT2D eigenvalue weighted by molar-refractivity contribution is 5.70. The third kappa shape index (κ3) is 5.88. The van der Waals surface area contributed by atoms with Crippen molar-refractivity contribution in [2.45, 2.75) is 75.9 Å². The first-order chi connectivity index (χ1) is 18.1. The van der Waals surface area contributed by atoms with Crippen LogP contribution in [0.15, 0.2) is 12.1 Å². The van der Waals surface area contributed by atoms with Crippen molar-refractivity contribution in [3.8, 4) is 17.1 Å². The van der Waals surface area contributed by atoms with E-state index in [1.165, 1.54) is 16.6 Å². The molecule has 38 heavy (non-hydrogen) atoms. The van der Waals surface area contributed by atoms with Crippen molar-refractivity contribution < 1.29 is 33.0 Å². The van der Waals surface area contributed by atoms with E-state index in [1.807, 2.05) is 6.07 Å². The number of carboxylic acids is 1. The van der Waals surface area contributed by atoms with Crippen LogP contribution in [0.25, 0.3) is 11.4 Å². The summed E-state index contributed by atoms with van der Waals surface area (Å²) in [6.07, 6.45) is 3.60. The number of carbonyl (C=O) groups is 2. The monoisotopic (exact) mass is 533 g/mol. The second-order valence-electron chi connectivity index (χ2n) is 10.9. The minimum Gasteiger partial charge on any atom is -0.488 e. The number of hydrogen-bond acceptors (Lipinski definition) is 7. The van der Waals surface area contributed by atoms with Crippen molar-refractivity contribution in [2.75, 3.05) is 13.6 Å². The van der Waals surface area contributed by atoms with Crippen molar-refractivity contribution in [3.63, 3.8) is 0 Å². The molecule has 10 nitrogen and oxygen atoms in total. The lowest BCUT2D eigenvalue weighted by atomic mass is 9.81. The second-order valence-corrected chi connectivity index (χ2v) is 10.9. The molecule has 1 N–H and O–H groups in total. The first kappa shape index (κ1) is 26.3. The lowest BCUT2D eigenvalue weighted by molar-refractivity contribution is -0.143. The molecule has 3 aliphatic rings. The summed E-state index contributed by atoms with van der Waals surface area (Å²) in [5.41, 5.74) is 2.45. The average molecular weight is 534 g/mol. The van der Waals surface area contributed by atoms with Gasteiger partial charge in [-0.05, 0) is 56.6 Å². The summed E-state index contributed by atoms with van der Waals surface area (Å²) < 4.78 is 39.5. The third-order valence-electron chi connectivity index (χ3n) is 7.66. The molecular weight excluding hydrogens is 500 g/mol. The van der Waals surface area contributed by atoms with Gasteiger partial charge in [-0.15, -0.1) is 5.10 Å². The molecule has 3 saturated carbocycles. The Hall–Kier alpha value is -3.31. The molecule has 0 spiro atoms. The zero-order valence-corrected chi connectivity index (χ0v) is 21.6. The van der Waals surface area contributed by atoms with E-state index in [1.54, 1.807) is 13.1 Å². The summed E-state index contributed by atoms with van der Waals surface area (Å²) in [7, 11) is 3.23. The molecule has 0 aliphatic heterocycles. The van der Waals surface area contributed by atoms with Gasteiger partial charge in [0, 0.05) is 39.4 Å². The predicted molar refractivity (Wildman–Crippen MR) is 131 cm³/mol. The number of alkyl halides is 2. The van der Waals surface area contributed by atoms with Gasteiger partial charge in [-0.1, -0.05) is 5.21 Å². The van der Waals surface area contributed by atoms with E-state index in [2.05, 4.69) is 10.3 Å². The molecule has 2 atom stereocenters. The normalized spacial score (nSPS) is 22.9. The average Bonchev–Trinajstić information content (AvgIpc) is 3.64. The third-order valence-corrected chi connectivity index (χ3v) is 7.66. The van der Waals surface area contributed by atoms with E-state index in [4.69, 9.17) is 14.5 Å². The zero-order valence-electron chi connectivity index (χ0n) is 21.6. The largest absolute Gasteiger partial charge is 0.488 e. The van der Waals surface area contributed by atoms with Gasteiger partial charge in [-0.2, -0.15) is 0 Å². The number of pyridine rings is 1. The molecule has 0 bridgehead atoms. The topological polar surface area (TPSA) is 120 Å². The number of aliphatic carboxylic acids is 1. The maximum atomic E-state index is 13.1. The van der Waals surface area contributed by atoms with E-state index in [0.717, 1.165) is 31.4 Å². The Labute approximate surface area is 219 Å². The van der Waals surface area contributed by atoms with Crippen LogP contribution in [0.3, 0.4) is 0 Å². The van der Waals surface area contributed by atoms with Crippen LogP contribution in [0.1, 0.15) is 68.7 Å². The number of halogens is 2. The van der Waals surface area contributed by atoms with E-state index in [-0.39, 0.29) is 49.9 Å². The quantitative estimate of drug-likeness (QED) is 0.504. The molecule has 1 amide bonds. The van der Waals surface area contributed by atoms with Crippen LogP contribution in [-0.4, -0.2) is 67.7 Å². The Morgan fingerprint density at radius 2 is 1.97 bits per heavy atom. The summed E-state index contributed by atoms with van der Waals surface area (Å²) in [5, 5.41) is 17.7. The Morgan fingerprint density at radius 1 is 1.21 bits per heavy atom. The SMILES string of the molecule is CN(CC1CC(F)(F)C1)C(=O)OCc1c(-c2ccc(O[C@H]3CCC[C@H](C(=O)O)C3)c(C3CC3)n2)nnn1C. The van der Waals surface area contributed by atoms with Gasteiger partial charge in [-0.25, -0.2) is 23.2 Å². The number of nitrogens with zero attached hydrogens (tertiary/aromatic N) is 5. The van der Waals surface area contributed by atoms with Gasteiger partial charge in [0.2, 0.25) is 5.92 Å². The predicted octanol–water partition coefficient (Wildman–Crippen LogP) is 4.39. The second kappa shape index (κ2) is 10.5. The Kier molecular flexibility index (Phi) is 7.23. The molecule has 0 unspecified atom stereocenters. The molecule has 12 heteroatoms. The van der Waals surface area contributed by atoms with Gasteiger partial charge in [0.1, 0.15) is 23.7 Å². The number of ether oxygens (including phenoxy) is 2. The smallest absolute Gasteiger partial charge is 0.409 e. The van der Waals surface area contributed by atoms with Crippen molar-refractivity contribution in [3.05, 3.63) is 23.5 Å². The van der Waals surface area contributed by atoms with Crippen LogP contribution in [0.4, 0.5) is 13.6 Å². The van der Waals surface area contributed by atoms with Gasteiger partial charge < -0.3 is 19.5 Å². The van der Waals surface area contributed by atoms with Crippen LogP contribution in [0.5, 0.6) is 5.75 Å². The lowest BCUT2D eigenvalue weighted by Gasteiger charge is -2.36. The molecule has 0 aromatic carbocycles. The summed E-state index contributed by atoms with van der Waals surface area (Å²) in [4.78, 5) is 30.1. The summed E-state index contributed by atoms with van der Waals surface area (Å²) in [6.45, 7) is 0.118. The number of amides is 1. The molecule has 0 radical (unpaired) electrons. The fraction of sp³-hybridized carbons (Fsp3) is 0.654. The van der Waals surface area contributed by atoms with E-state index in [0.29, 0.717) is 35.7 Å². The lowest BCUT2D eigenvalue weighted by Crippen LogP contribution is -2.43. The van der Waals surface area contributed by atoms with Crippen LogP contribution in [0, 0.1) is 11.8 Å². The van der Waals surface area contributed by atoms with E-state index >= 15 is 0 Å². The number of aromatic nitrogens is 4. The van der Waals surface area contributed by atoms with E-state index < -0.39 is 18.0 Å². The number of carbonyl (C=O) groups excluding carboxylic acids is 1. The standard InChI is InChI=1S/C26H33F2N5O5/c1-32(13-15-11-26(27,28)12-15)25(36)37-14-20-23(30-31-33(20)2)19-8-9-21(22(29-19)16-6-7-16)38-18-5-3-4-17(10-18)24(34)35/h8-9,15-18H,3-7,10-14H2,1-2H3,(H,34,35)/t17-,18-/m0/s1. The van der Waals surface area contributed by atoms with Gasteiger partial charge in [-0.3, -0.25) is 4.79 Å². The van der Waals surface area contributed by atoms with Gasteiger partial charge in [0.25, 0.3) is 0 Å². The summed E-state index contributed by atoms with van der Waals surface area (Å²) in [6, 6.07) is 3.64. The molecule has 2 aromatic rings. The maximum Gasteiger partial charge on any atom is 0.409 e. The highest BCUT2D eigenvalue weighted by atomic mass is 19.3. The Morgan fingerprint density at radius 3 is 2.66 bits per heavy atom.